The van der Waals surface area contributed by atoms with Crippen molar-refractivity contribution >= 4 is 101 Å². The molecule has 10 rings (SSSR count). The smallest absolute Gasteiger partial charge is 0.333 e. The molecule has 1 aliphatic rings. The second-order valence-corrected chi connectivity index (χ2v) is 21.8. The summed E-state index contributed by atoms with van der Waals surface area (Å²) >= 11 is 0. The second-order valence-electron chi connectivity index (χ2n) is 21.8. The average molecular weight is 1200 g/mol. The van der Waals surface area contributed by atoms with Gasteiger partial charge in [0, 0.05) is 22.5 Å². The van der Waals surface area contributed by atoms with Crippen LogP contribution in [0.4, 0.5) is 17.1 Å². The van der Waals surface area contributed by atoms with Crippen LogP contribution in [0.15, 0.2) is 235 Å². The Labute approximate surface area is 531 Å². The van der Waals surface area contributed by atoms with Crippen LogP contribution in [0.2, 0.25) is 0 Å². The van der Waals surface area contributed by atoms with Crippen LogP contribution in [0, 0.1) is 26.3 Å². The molecule has 1 aliphatic carbocycles. The Morgan fingerprint density at radius 2 is 0.609 bits per heavy atom. The molecule has 0 aliphatic heterocycles. The monoisotopic (exact) mass is 1200 g/mol. The molecule has 0 amide bonds. The summed E-state index contributed by atoms with van der Waals surface area (Å²) in [5.41, 5.74) is 16.2. The van der Waals surface area contributed by atoms with E-state index >= 15 is 0 Å². The summed E-state index contributed by atoms with van der Waals surface area (Å²) in [6.45, 7) is 33.9. The Morgan fingerprint density at radius 1 is 0.337 bits per heavy atom. The molecule has 0 heterocycles. The van der Waals surface area contributed by atoms with Gasteiger partial charge >= 0.3 is 23.9 Å². The summed E-state index contributed by atoms with van der Waals surface area (Å²) in [4.78, 5) is 61.4. The molecule has 92 heavy (non-hydrogen) atoms. The SMILES string of the molecule is [C-]#[N+]/C(=C\c1ccc(C(=Cc2ccc(N(c3ccc(C=C(c4ccc(/C=C(\[N+]#[C-])C(=O)O)cc4)c4ccc(/C=C(\[N+]#[C-])C(=O)O)cc4)cc3)c3ccc(/C=C/c4ccc5c(c4)C(C)(C)c4ccccc4-5)cc3)cc2)c2ccc(/C=C(\[N+]#[C-])C(=O)O)cc2)cc1)C(=O)O. The highest BCUT2D eigenvalue weighted by Gasteiger charge is 2.35. The van der Waals surface area contributed by atoms with Gasteiger partial charge in [0.2, 0.25) is 0 Å². The van der Waals surface area contributed by atoms with Gasteiger partial charge in [-0.3, -0.25) is 19.2 Å². The van der Waals surface area contributed by atoms with E-state index in [1.54, 1.807) is 48.5 Å². The molecule has 13 heteroatoms. The average Bonchev–Trinajstić information content (AvgIpc) is 1.58. The van der Waals surface area contributed by atoms with Crippen LogP contribution in [0.3, 0.4) is 0 Å². The molecule has 0 fully saturated rings. The van der Waals surface area contributed by atoms with Crippen molar-refractivity contribution in [1.29, 1.82) is 0 Å². The molecule has 0 atom stereocenters. The highest BCUT2D eigenvalue weighted by atomic mass is 16.4. The molecule has 0 unspecified atom stereocenters. The van der Waals surface area contributed by atoms with Crippen LogP contribution in [0.5, 0.6) is 0 Å². The largest absolute Gasteiger partial charge is 0.486 e. The van der Waals surface area contributed by atoms with E-state index in [1.807, 2.05) is 109 Å². The van der Waals surface area contributed by atoms with Crippen LogP contribution in [0.1, 0.15) is 91.7 Å². The molecule has 442 valence electrons. The molecule has 4 N–H and O–H groups in total. The van der Waals surface area contributed by atoms with Crippen LogP contribution in [-0.2, 0) is 24.6 Å². The number of anilines is 3. The maximum atomic E-state index is 11.7. The zero-order chi connectivity index (χ0) is 65.1. The lowest BCUT2D eigenvalue weighted by atomic mass is 9.82. The van der Waals surface area contributed by atoms with Crippen molar-refractivity contribution in [3.8, 4) is 11.1 Å². The van der Waals surface area contributed by atoms with Gasteiger partial charge in [0.1, 0.15) is 0 Å². The number of carboxylic acid groups (broad SMARTS) is 4. The van der Waals surface area contributed by atoms with Crippen molar-refractivity contribution < 1.29 is 39.6 Å². The van der Waals surface area contributed by atoms with Crippen molar-refractivity contribution in [2.75, 3.05) is 4.90 Å². The fourth-order valence-electron chi connectivity index (χ4n) is 10.9. The summed E-state index contributed by atoms with van der Waals surface area (Å²) in [7, 11) is 0. The van der Waals surface area contributed by atoms with Crippen molar-refractivity contribution in [2.45, 2.75) is 19.3 Å². The lowest BCUT2D eigenvalue weighted by molar-refractivity contribution is -0.133. The summed E-state index contributed by atoms with van der Waals surface area (Å²) < 4.78 is 0. The van der Waals surface area contributed by atoms with Gasteiger partial charge in [-0.2, -0.15) is 0 Å². The fraction of sp³-hybridized carbons (Fsp3) is 0.0380. The first kappa shape index (κ1) is 61.9. The van der Waals surface area contributed by atoms with Gasteiger partial charge in [-0.1, -0.05) is 202 Å². The fourth-order valence-corrected chi connectivity index (χ4v) is 10.9. The third kappa shape index (κ3) is 14.0. The van der Waals surface area contributed by atoms with Gasteiger partial charge in [0.25, 0.3) is 22.8 Å². The van der Waals surface area contributed by atoms with Crippen LogP contribution in [0.25, 0.3) is 90.3 Å². The van der Waals surface area contributed by atoms with Gasteiger partial charge < -0.3 is 25.3 Å². The van der Waals surface area contributed by atoms with Crippen LogP contribution in [-0.4, -0.2) is 44.3 Å². The number of nitrogens with zero attached hydrogens (tertiary/aromatic N) is 5. The lowest BCUT2D eigenvalue weighted by Crippen LogP contribution is -2.14. The van der Waals surface area contributed by atoms with E-state index in [9.17, 15) is 39.6 Å². The lowest BCUT2D eigenvalue weighted by Gasteiger charge is -2.26. The van der Waals surface area contributed by atoms with E-state index in [2.05, 4.69) is 117 Å². The number of hydrogen-bond donors (Lipinski definition) is 4. The Kier molecular flexibility index (Phi) is 18.3. The standard InChI is InChI=1S/C79H53N5O8/c1-79(2)69-10-8-7-9-65(69)66-42-27-53(45-70(66)79)12-11-50-21-36-62(37-22-50)84(63-38-23-51(24-39-63)43-67(58-28-13-54(14-29-58)46-71(80-3)75(85)86)59-30-15-55(16-31-59)47-72(81-4)76(87)88)64-40-25-52(26-41-64)44-68(60-32-17-56(18-33-60)48-73(82-5)77(89)90)61-34-19-57(20-35-61)49-74(83-6)78(91)92/h7-49H,1-2H3,(H,85,86)(H,87,88)(H,89,90)(H,91,92)/b12-11+,71-46-,72-47-,73-48-,74-49-. The minimum Gasteiger partial charge on any atom is -0.486 e. The molecule has 13 nitrogen and oxygen atoms in total. The van der Waals surface area contributed by atoms with E-state index < -0.39 is 46.7 Å². The first-order chi connectivity index (χ1) is 44.4. The zero-order valence-corrected chi connectivity index (χ0v) is 49.5. The number of carboxylic acids is 4. The Hall–Kier alpha value is -13.2. The van der Waals surface area contributed by atoms with Crippen molar-refractivity contribution in [3.05, 3.63) is 359 Å². The third-order valence-electron chi connectivity index (χ3n) is 15.6. The van der Waals surface area contributed by atoms with Crippen molar-refractivity contribution in [1.82, 2.24) is 0 Å². The van der Waals surface area contributed by atoms with E-state index in [1.165, 1.54) is 46.6 Å². The molecular formula is C79H53N5O8. The molecule has 0 spiro atoms. The Balaban J connectivity index is 1.04. The summed E-state index contributed by atoms with van der Waals surface area (Å²) in [6.07, 6.45) is 13.4. The summed E-state index contributed by atoms with van der Waals surface area (Å²) in [6, 6.07) is 68.0. The minimum atomic E-state index is -1.34. The molecule has 9 aromatic carbocycles. The normalized spacial score (nSPS) is 12.4. The van der Waals surface area contributed by atoms with Gasteiger partial charge in [-0.25, -0.2) is 19.4 Å². The quantitative estimate of drug-likeness (QED) is 0.0350. The van der Waals surface area contributed by atoms with Gasteiger partial charge in [0.15, 0.2) is 0 Å². The maximum Gasteiger partial charge on any atom is 0.333 e. The topological polar surface area (TPSA) is 170 Å². The molecule has 0 aromatic heterocycles. The molecule has 0 bridgehead atoms. The second kappa shape index (κ2) is 27.2. The summed E-state index contributed by atoms with van der Waals surface area (Å²) in [5, 5.41) is 38.1. The predicted molar refractivity (Wildman–Crippen MR) is 363 cm³/mol. The number of hydrogen-bond acceptors (Lipinski definition) is 5. The first-order valence-corrected chi connectivity index (χ1v) is 28.6. The van der Waals surface area contributed by atoms with E-state index in [4.69, 9.17) is 26.3 Å². The molecule has 0 radical (unpaired) electrons. The number of rotatable bonds is 19. The summed E-state index contributed by atoms with van der Waals surface area (Å²) in [5.74, 6) is -5.34. The number of benzene rings is 9. The van der Waals surface area contributed by atoms with Crippen molar-refractivity contribution in [3.63, 3.8) is 0 Å². The maximum absolute atomic E-state index is 11.7. The minimum absolute atomic E-state index is 0.138. The van der Waals surface area contributed by atoms with Crippen LogP contribution < -0.4 is 4.90 Å². The van der Waals surface area contributed by atoms with Gasteiger partial charge in [0.05, 0.1) is 26.3 Å². The zero-order valence-electron chi connectivity index (χ0n) is 49.5. The van der Waals surface area contributed by atoms with Crippen molar-refractivity contribution in [2.24, 2.45) is 0 Å². The van der Waals surface area contributed by atoms with E-state index in [0.717, 1.165) is 72.7 Å². The Morgan fingerprint density at radius 3 is 0.935 bits per heavy atom. The van der Waals surface area contributed by atoms with Crippen LogP contribution >= 0.6 is 0 Å². The van der Waals surface area contributed by atoms with E-state index in [-0.39, 0.29) is 5.41 Å². The molecule has 0 saturated carbocycles. The molecule has 9 aromatic rings. The molecule has 0 saturated heterocycles. The first-order valence-electron chi connectivity index (χ1n) is 28.6. The number of aliphatic carboxylic acids is 4. The Bertz CT molecular complexity index is 4400. The van der Waals surface area contributed by atoms with Gasteiger partial charge in [-0.05, 0) is 173 Å². The highest BCUT2D eigenvalue weighted by molar-refractivity contribution is 5.98. The number of carbonyl (C=O) groups is 4. The van der Waals surface area contributed by atoms with Gasteiger partial charge in [-0.15, -0.1) is 0 Å². The predicted octanol–water partition coefficient (Wildman–Crippen LogP) is 18.2. The van der Waals surface area contributed by atoms with E-state index in [0.29, 0.717) is 22.3 Å². The molecular weight excluding hydrogens is 1150 g/mol. The third-order valence-corrected chi connectivity index (χ3v) is 15.6. The highest BCUT2D eigenvalue weighted by Crippen LogP contribution is 2.49. The number of fused-ring (bicyclic) bond motifs is 3.